The lowest BCUT2D eigenvalue weighted by molar-refractivity contribution is 0.101. The van der Waals surface area contributed by atoms with Gasteiger partial charge in [0.25, 0.3) is 0 Å². The lowest BCUT2D eigenvalue weighted by Crippen LogP contribution is -2.44. The quantitative estimate of drug-likeness (QED) is 0.296. The van der Waals surface area contributed by atoms with Crippen molar-refractivity contribution in [2.75, 3.05) is 51.8 Å². The molecule has 2 aliphatic heterocycles. The van der Waals surface area contributed by atoms with E-state index < -0.39 is 0 Å². The van der Waals surface area contributed by atoms with Gasteiger partial charge in [-0.25, -0.2) is 0 Å². The molecule has 2 heterocycles. The summed E-state index contributed by atoms with van der Waals surface area (Å²) >= 11 is 0. The van der Waals surface area contributed by atoms with E-state index in [1.807, 2.05) is 19.9 Å². The van der Waals surface area contributed by atoms with Gasteiger partial charge in [-0.3, -0.25) is 4.90 Å². The number of anilines is 1. The van der Waals surface area contributed by atoms with Crippen molar-refractivity contribution in [2.24, 2.45) is 0 Å². The molecule has 0 saturated carbocycles. The predicted octanol–water partition coefficient (Wildman–Crippen LogP) is 8.14. The van der Waals surface area contributed by atoms with Crippen molar-refractivity contribution in [3.63, 3.8) is 0 Å². The van der Waals surface area contributed by atoms with Crippen molar-refractivity contribution in [3.8, 4) is 0 Å². The standard InChI is InChI=1S/C22H37N3.C12H10.C2H6.CH4O/c1-19-7-6-8-20(2)25(19)14-5-4-9-21-10-12-22(13-11-21)24-17-15-23(3)16-18-24;1-2-10-7-5-8-11-6-3-4-9-12(10)11;2*1-2/h10-13,19-20H,4-9,14-18H2,1-3H3;2-9H,1H2;1-2H3;2H,1H3. The molecule has 0 aliphatic carbocycles. The first-order valence-corrected chi connectivity index (χ1v) is 15.9. The Hall–Kier alpha value is -2.66. The minimum absolute atomic E-state index is 0.784. The van der Waals surface area contributed by atoms with Crippen LogP contribution in [0.5, 0.6) is 0 Å². The topological polar surface area (TPSA) is 30.0 Å². The van der Waals surface area contributed by atoms with Gasteiger partial charge in [0, 0.05) is 51.1 Å². The van der Waals surface area contributed by atoms with Crippen molar-refractivity contribution in [1.29, 1.82) is 0 Å². The van der Waals surface area contributed by atoms with E-state index in [4.69, 9.17) is 5.11 Å². The normalized spacial score (nSPS) is 19.1. The van der Waals surface area contributed by atoms with Gasteiger partial charge in [-0.05, 0) is 93.6 Å². The molecular weight excluding hydrogens is 502 g/mol. The average Bonchev–Trinajstić information content (AvgIpc) is 3.03. The highest BCUT2D eigenvalue weighted by Gasteiger charge is 2.23. The number of rotatable bonds is 7. The fourth-order valence-electron chi connectivity index (χ4n) is 5.91. The van der Waals surface area contributed by atoms with Gasteiger partial charge in [-0.2, -0.15) is 0 Å². The SMILES string of the molecule is C=Cc1cccc2ccccc12.CC.CC1CCCC(C)N1CCCCc1ccc(N2CCN(C)CC2)cc1.CO. The molecule has 1 N–H and O–H groups in total. The summed E-state index contributed by atoms with van der Waals surface area (Å²) in [6.07, 6.45) is 9.94. The van der Waals surface area contributed by atoms with E-state index in [1.165, 1.54) is 85.7 Å². The van der Waals surface area contributed by atoms with Crippen molar-refractivity contribution in [1.82, 2.24) is 9.80 Å². The molecule has 2 fully saturated rings. The second-order valence-electron chi connectivity index (χ2n) is 11.1. The second-order valence-corrected chi connectivity index (χ2v) is 11.1. The summed E-state index contributed by atoms with van der Waals surface area (Å²) in [4.78, 5) is 7.66. The maximum absolute atomic E-state index is 7.00. The molecule has 0 aromatic heterocycles. The lowest BCUT2D eigenvalue weighted by atomic mass is 9.97. The zero-order valence-electron chi connectivity index (χ0n) is 26.9. The summed E-state index contributed by atoms with van der Waals surface area (Å²) in [6.45, 7) is 18.5. The molecule has 3 aromatic rings. The summed E-state index contributed by atoms with van der Waals surface area (Å²) < 4.78 is 0. The van der Waals surface area contributed by atoms with E-state index in [0.29, 0.717) is 0 Å². The molecule has 226 valence electrons. The number of likely N-dealkylation sites (tertiary alicyclic amines) is 1. The number of piperidine rings is 1. The molecule has 2 aliphatic rings. The van der Waals surface area contributed by atoms with Gasteiger partial charge in [-0.1, -0.05) is 87.5 Å². The molecule has 2 atom stereocenters. The summed E-state index contributed by atoms with van der Waals surface area (Å²) in [5.41, 5.74) is 4.10. The van der Waals surface area contributed by atoms with Crippen LogP contribution < -0.4 is 4.90 Å². The van der Waals surface area contributed by atoms with Crippen LogP contribution in [0.25, 0.3) is 16.8 Å². The summed E-state index contributed by atoms with van der Waals surface area (Å²) in [5.74, 6) is 0. The highest BCUT2D eigenvalue weighted by molar-refractivity contribution is 5.90. The number of hydrogen-bond acceptors (Lipinski definition) is 4. The smallest absolute Gasteiger partial charge is 0.0367 e. The molecular formula is C37H57N3O. The minimum Gasteiger partial charge on any atom is -0.400 e. The second kappa shape index (κ2) is 19.5. The van der Waals surface area contributed by atoms with Crippen LogP contribution in [0.2, 0.25) is 0 Å². The Labute approximate surface area is 251 Å². The van der Waals surface area contributed by atoms with Crippen LogP contribution in [0.3, 0.4) is 0 Å². The molecule has 2 unspecified atom stereocenters. The zero-order valence-corrected chi connectivity index (χ0v) is 26.9. The fourth-order valence-corrected chi connectivity index (χ4v) is 5.91. The molecule has 5 rings (SSSR count). The number of aliphatic hydroxyl groups is 1. The Bertz CT molecular complexity index is 1090. The third-order valence-corrected chi connectivity index (χ3v) is 8.36. The maximum atomic E-state index is 7.00. The van der Waals surface area contributed by atoms with E-state index in [-0.39, 0.29) is 0 Å². The summed E-state index contributed by atoms with van der Waals surface area (Å²) in [7, 11) is 3.21. The number of fused-ring (bicyclic) bond motifs is 1. The number of aryl methyl sites for hydroxylation is 1. The average molecular weight is 560 g/mol. The number of nitrogens with zero attached hydrogens (tertiary/aromatic N) is 3. The van der Waals surface area contributed by atoms with Crippen LogP contribution in [-0.4, -0.2) is 73.9 Å². The van der Waals surface area contributed by atoms with E-state index in [9.17, 15) is 0 Å². The number of piperazine rings is 1. The lowest BCUT2D eigenvalue weighted by Gasteiger charge is -2.39. The largest absolute Gasteiger partial charge is 0.400 e. The van der Waals surface area contributed by atoms with Crippen LogP contribution in [0.4, 0.5) is 5.69 Å². The Balaban J connectivity index is 0.000000306. The molecule has 0 bridgehead atoms. The molecule has 3 aromatic carbocycles. The van der Waals surface area contributed by atoms with Gasteiger partial charge in [0.05, 0.1) is 0 Å². The van der Waals surface area contributed by atoms with Gasteiger partial charge in [0.15, 0.2) is 0 Å². The number of hydrogen-bond donors (Lipinski definition) is 1. The summed E-state index contributed by atoms with van der Waals surface area (Å²) in [5, 5.41) is 9.55. The monoisotopic (exact) mass is 559 g/mol. The molecule has 0 amide bonds. The van der Waals surface area contributed by atoms with Gasteiger partial charge in [-0.15, -0.1) is 0 Å². The Morgan fingerprint density at radius 1 is 0.805 bits per heavy atom. The molecule has 41 heavy (non-hydrogen) atoms. The molecule has 4 heteroatoms. The van der Waals surface area contributed by atoms with Gasteiger partial charge < -0.3 is 14.9 Å². The van der Waals surface area contributed by atoms with Crippen molar-refractivity contribution < 1.29 is 5.11 Å². The highest BCUT2D eigenvalue weighted by atomic mass is 16.2. The van der Waals surface area contributed by atoms with Crippen LogP contribution in [0.15, 0.2) is 73.3 Å². The van der Waals surface area contributed by atoms with Crippen LogP contribution in [-0.2, 0) is 6.42 Å². The van der Waals surface area contributed by atoms with Crippen LogP contribution in [0.1, 0.15) is 70.9 Å². The number of benzene rings is 3. The first kappa shape index (κ1) is 34.5. The minimum atomic E-state index is 0.784. The van der Waals surface area contributed by atoms with Gasteiger partial charge in [0.1, 0.15) is 0 Å². The van der Waals surface area contributed by atoms with Crippen LogP contribution in [0, 0.1) is 0 Å². The van der Waals surface area contributed by atoms with Gasteiger partial charge >= 0.3 is 0 Å². The Morgan fingerprint density at radius 2 is 1.41 bits per heavy atom. The van der Waals surface area contributed by atoms with E-state index in [1.54, 1.807) is 0 Å². The number of unbranched alkanes of at least 4 members (excludes halogenated alkanes) is 1. The predicted molar refractivity (Wildman–Crippen MR) is 182 cm³/mol. The van der Waals surface area contributed by atoms with Crippen molar-refractivity contribution in [2.45, 2.75) is 78.3 Å². The number of aliphatic hydroxyl groups excluding tert-OH is 1. The first-order chi connectivity index (χ1) is 20.0. The molecule has 4 nitrogen and oxygen atoms in total. The highest BCUT2D eigenvalue weighted by Crippen LogP contribution is 2.23. The molecule has 0 radical (unpaired) electrons. The molecule has 2 saturated heterocycles. The molecule has 0 spiro atoms. The Morgan fingerprint density at radius 3 is 2.05 bits per heavy atom. The third kappa shape index (κ3) is 10.9. The van der Waals surface area contributed by atoms with E-state index in [0.717, 1.165) is 32.3 Å². The maximum Gasteiger partial charge on any atom is 0.0367 e. The first-order valence-electron chi connectivity index (χ1n) is 15.9. The number of likely N-dealkylation sites (N-methyl/N-ethyl adjacent to an activating group) is 1. The zero-order chi connectivity index (χ0) is 30.0. The van der Waals surface area contributed by atoms with Gasteiger partial charge in [0.2, 0.25) is 0 Å². The third-order valence-electron chi connectivity index (χ3n) is 8.36. The van der Waals surface area contributed by atoms with Crippen molar-refractivity contribution in [3.05, 3.63) is 84.4 Å². The summed E-state index contributed by atoms with van der Waals surface area (Å²) in [6, 6.07) is 25.5. The van der Waals surface area contributed by atoms with E-state index in [2.05, 4.69) is 109 Å². The Kier molecular flexibility index (Phi) is 16.4. The van der Waals surface area contributed by atoms with E-state index >= 15 is 0 Å². The van der Waals surface area contributed by atoms with Crippen LogP contribution >= 0.6 is 0 Å². The fraction of sp³-hybridized carbons (Fsp3) is 0.514. The van der Waals surface area contributed by atoms with Crippen molar-refractivity contribution >= 4 is 22.5 Å².